The van der Waals surface area contributed by atoms with Crippen LogP contribution < -0.4 is 17.2 Å². The second-order valence-electron chi connectivity index (χ2n) is 3.35. The van der Waals surface area contributed by atoms with Crippen LogP contribution in [0.15, 0.2) is 0 Å². The van der Waals surface area contributed by atoms with Crippen molar-refractivity contribution < 1.29 is 19.1 Å². The predicted octanol–water partition coefficient (Wildman–Crippen LogP) is -1.90. The molecule has 16 heavy (non-hydrogen) atoms. The average molecular weight is 233 g/mol. The Kier molecular flexibility index (Phi) is 8.41. The smallest absolute Gasteiger partial charge is 0.243 e. The molecule has 0 heterocycles. The van der Waals surface area contributed by atoms with Gasteiger partial charge in [-0.25, -0.2) is 0 Å². The van der Waals surface area contributed by atoms with Crippen LogP contribution in [-0.4, -0.2) is 44.3 Å². The standard InChI is InChI=1S/C9H19N3O4/c10-7(5-8(11)13)1-2-15-3-4-16-6-9(12)14/h7H,1-6,10H2,(H2,11,13)(H2,12,14). The highest BCUT2D eigenvalue weighted by molar-refractivity contribution is 5.75. The van der Waals surface area contributed by atoms with Crippen molar-refractivity contribution in [3.63, 3.8) is 0 Å². The SMILES string of the molecule is NC(=O)COCCOCCC(N)CC(N)=O. The maximum atomic E-state index is 10.5. The van der Waals surface area contributed by atoms with E-state index in [2.05, 4.69) is 0 Å². The first-order chi connectivity index (χ1) is 7.52. The van der Waals surface area contributed by atoms with E-state index in [-0.39, 0.29) is 19.1 Å². The summed E-state index contributed by atoms with van der Waals surface area (Å²) in [6.45, 7) is 0.976. The van der Waals surface area contributed by atoms with E-state index in [1.54, 1.807) is 0 Å². The number of carbonyl (C=O) groups is 2. The van der Waals surface area contributed by atoms with Crippen molar-refractivity contribution in [2.45, 2.75) is 18.9 Å². The van der Waals surface area contributed by atoms with E-state index in [9.17, 15) is 9.59 Å². The zero-order valence-electron chi connectivity index (χ0n) is 9.19. The zero-order valence-corrected chi connectivity index (χ0v) is 9.19. The van der Waals surface area contributed by atoms with Gasteiger partial charge in [-0.05, 0) is 6.42 Å². The molecule has 94 valence electrons. The van der Waals surface area contributed by atoms with E-state index in [0.717, 1.165) is 0 Å². The molecule has 0 aromatic carbocycles. The minimum Gasteiger partial charge on any atom is -0.379 e. The third kappa shape index (κ3) is 10.9. The molecule has 0 aromatic heterocycles. The molecule has 2 amide bonds. The van der Waals surface area contributed by atoms with Crippen LogP contribution in [0.25, 0.3) is 0 Å². The van der Waals surface area contributed by atoms with Crippen LogP contribution in [0, 0.1) is 0 Å². The van der Waals surface area contributed by atoms with Gasteiger partial charge in [0.15, 0.2) is 0 Å². The van der Waals surface area contributed by atoms with Gasteiger partial charge in [-0.2, -0.15) is 0 Å². The fraction of sp³-hybridized carbons (Fsp3) is 0.778. The number of hydrogen-bond acceptors (Lipinski definition) is 5. The molecule has 0 aliphatic rings. The Morgan fingerprint density at radius 1 is 1.00 bits per heavy atom. The average Bonchev–Trinajstić information content (AvgIpc) is 2.14. The third-order valence-corrected chi connectivity index (χ3v) is 1.71. The molecule has 0 saturated carbocycles. The van der Waals surface area contributed by atoms with Gasteiger partial charge in [-0.3, -0.25) is 9.59 Å². The Hall–Kier alpha value is -1.18. The molecule has 0 aliphatic carbocycles. The quantitative estimate of drug-likeness (QED) is 0.379. The normalized spacial score (nSPS) is 12.3. The van der Waals surface area contributed by atoms with E-state index in [0.29, 0.717) is 26.2 Å². The van der Waals surface area contributed by atoms with Crippen molar-refractivity contribution in [2.24, 2.45) is 17.2 Å². The summed E-state index contributed by atoms with van der Waals surface area (Å²) < 4.78 is 10.0. The van der Waals surface area contributed by atoms with Gasteiger partial charge in [0.2, 0.25) is 11.8 Å². The van der Waals surface area contributed by atoms with Gasteiger partial charge in [-0.15, -0.1) is 0 Å². The molecule has 0 rings (SSSR count). The van der Waals surface area contributed by atoms with Crippen molar-refractivity contribution in [3.8, 4) is 0 Å². The van der Waals surface area contributed by atoms with Gasteiger partial charge in [0, 0.05) is 19.1 Å². The van der Waals surface area contributed by atoms with E-state index < -0.39 is 11.8 Å². The van der Waals surface area contributed by atoms with E-state index >= 15 is 0 Å². The van der Waals surface area contributed by atoms with Gasteiger partial charge in [0.05, 0.1) is 13.2 Å². The lowest BCUT2D eigenvalue weighted by Crippen LogP contribution is -2.28. The lowest BCUT2D eigenvalue weighted by Gasteiger charge is -2.09. The van der Waals surface area contributed by atoms with Gasteiger partial charge in [0.25, 0.3) is 0 Å². The first-order valence-electron chi connectivity index (χ1n) is 5.00. The summed E-state index contributed by atoms with van der Waals surface area (Å²) in [5, 5.41) is 0. The molecule has 7 heteroatoms. The Morgan fingerprint density at radius 2 is 1.62 bits per heavy atom. The molecule has 0 bridgehead atoms. The maximum Gasteiger partial charge on any atom is 0.243 e. The number of hydrogen-bond donors (Lipinski definition) is 3. The summed E-state index contributed by atoms with van der Waals surface area (Å²) in [5.41, 5.74) is 15.4. The van der Waals surface area contributed by atoms with Crippen LogP contribution >= 0.6 is 0 Å². The molecule has 0 saturated heterocycles. The first-order valence-corrected chi connectivity index (χ1v) is 5.00. The van der Waals surface area contributed by atoms with Gasteiger partial charge in [-0.1, -0.05) is 0 Å². The van der Waals surface area contributed by atoms with Crippen LogP contribution in [0.2, 0.25) is 0 Å². The van der Waals surface area contributed by atoms with Crippen molar-refractivity contribution in [1.29, 1.82) is 0 Å². The Bertz CT molecular complexity index is 223. The first kappa shape index (κ1) is 14.8. The van der Waals surface area contributed by atoms with Crippen molar-refractivity contribution in [1.82, 2.24) is 0 Å². The molecule has 1 unspecified atom stereocenters. The molecule has 6 N–H and O–H groups in total. The highest BCUT2D eigenvalue weighted by Gasteiger charge is 2.05. The van der Waals surface area contributed by atoms with E-state index in [4.69, 9.17) is 26.7 Å². The summed E-state index contributed by atoms with van der Waals surface area (Å²) in [7, 11) is 0. The highest BCUT2D eigenvalue weighted by atomic mass is 16.5. The molecule has 0 radical (unpaired) electrons. The number of ether oxygens (including phenoxy) is 2. The number of nitrogens with two attached hydrogens (primary N) is 3. The molecule has 0 fully saturated rings. The van der Waals surface area contributed by atoms with Gasteiger partial charge >= 0.3 is 0 Å². The highest BCUT2D eigenvalue weighted by Crippen LogP contribution is 1.94. The van der Waals surface area contributed by atoms with E-state index in [1.807, 2.05) is 0 Å². The van der Waals surface area contributed by atoms with Crippen molar-refractivity contribution >= 4 is 11.8 Å². The van der Waals surface area contributed by atoms with Crippen LogP contribution in [0.5, 0.6) is 0 Å². The second kappa shape index (κ2) is 9.08. The number of primary amides is 2. The van der Waals surface area contributed by atoms with Crippen LogP contribution in [0.3, 0.4) is 0 Å². The molecule has 0 spiro atoms. The number of amides is 2. The summed E-state index contributed by atoms with van der Waals surface area (Å²) in [6.07, 6.45) is 0.709. The lowest BCUT2D eigenvalue weighted by molar-refractivity contribution is -0.123. The third-order valence-electron chi connectivity index (χ3n) is 1.71. The number of rotatable bonds is 10. The van der Waals surface area contributed by atoms with E-state index in [1.165, 1.54) is 0 Å². The minimum atomic E-state index is -0.511. The maximum absolute atomic E-state index is 10.5. The van der Waals surface area contributed by atoms with Crippen LogP contribution in [-0.2, 0) is 19.1 Å². The lowest BCUT2D eigenvalue weighted by atomic mass is 10.1. The van der Waals surface area contributed by atoms with Gasteiger partial charge < -0.3 is 26.7 Å². The fourth-order valence-corrected chi connectivity index (χ4v) is 0.988. The summed E-state index contributed by atoms with van der Waals surface area (Å²) >= 11 is 0. The Balaban J connectivity index is 3.20. The molecule has 0 aromatic rings. The fourth-order valence-electron chi connectivity index (χ4n) is 0.988. The van der Waals surface area contributed by atoms with Crippen LogP contribution in [0.4, 0.5) is 0 Å². The predicted molar refractivity (Wildman–Crippen MR) is 57.2 cm³/mol. The topological polar surface area (TPSA) is 131 Å². The molecular weight excluding hydrogens is 214 g/mol. The van der Waals surface area contributed by atoms with Crippen molar-refractivity contribution in [3.05, 3.63) is 0 Å². The largest absolute Gasteiger partial charge is 0.379 e. The number of carbonyl (C=O) groups excluding carboxylic acids is 2. The monoisotopic (exact) mass is 233 g/mol. The Labute approximate surface area is 94.2 Å². The van der Waals surface area contributed by atoms with Crippen molar-refractivity contribution in [2.75, 3.05) is 26.4 Å². The molecule has 0 aliphatic heterocycles. The molecular formula is C9H19N3O4. The summed E-state index contributed by atoms with van der Waals surface area (Å²) in [4.78, 5) is 20.8. The second-order valence-corrected chi connectivity index (χ2v) is 3.35. The minimum absolute atomic E-state index is 0.107. The van der Waals surface area contributed by atoms with Gasteiger partial charge in [0.1, 0.15) is 6.61 Å². The van der Waals surface area contributed by atoms with Crippen LogP contribution in [0.1, 0.15) is 12.8 Å². The Morgan fingerprint density at radius 3 is 2.19 bits per heavy atom. The molecule has 1 atom stereocenters. The molecule has 7 nitrogen and oxygen atoms in total. The summed E-state index contributed by atoms with van der Waals surface area (Å²) in [5.74, 6) is -0.930. The summed E-state index contributed by atoms with van der Waals surface area (Å²) in [6, 6.07) is -0.274. The zero-order chi connectivity index (χ0) is 12.4.